The fraction of sp³-hybridized carbons (Fsp3) is 0.583. The molecular formula is C24H33N3O5S. The first-order valence-electron chi connectivity index (χ1n) is 11.5. The van der Waals surface area contributed by atoms with Gasteiger partial charge >= 0.3 is 6.09 Å². The van der Waals surface area contributed by atoms with Crippen molar-refractivity contribution in [2.24, 2.45) is 0 Å². The molecule has 2 heterocycles. The Hall–Kier alpha value is -2.39. The number of aromatic nitrogens is 1. The Morgan fingerprint density at radius 1 is 1.15 bits per heavy atom. The molecule has 33 heavy (non-hydrogen) atoms. The van der Waals surface area contributed by atoms with Crippen LogP contribution < -0.4 is 4.74 Å². The smallest absolute Gasteiger partial charge is 0.410 e. The lowest BCUT2D eigenvalue weighted by molar-refractivity contribution is 0.0244. The highest BCUT2D eigenvalue weighted by molar-refractivity contribution is 7.89. The number of methoxy groups -OCH3 is 1. The molecule has 2 aromatic rings. The van der Waals surface area contributed by atoms with Gasteiger partial charge in [-0.3, -0.25) is 0 Å². The normalized spacial score (nSPS) is 20.5. The van der Waals surface area contributed by atoms with Crippen molar-refractivity contribution in [2.45, 2.75) is 69.4 Å². The Morgan fingerprint density at radius 3 is 2.52 bits per heavy atom. The molecule has 2 fully saturated rings. The van der Waals surface area contributed by atoms with Crippen LogP contribution in [0.5, 0.6) is 5.88 Å². The average molecular weight is 476 g/mol. The zero-order valence-electron chi connectivity index (χ0n) is 20.0. The standard InChI is InChI=1S/C24H33N3O5S/c1-16-15-26(23(28)32-24(2,3)4)12-7-13-27(16)33(29,30)21-9-6-8-18-19(21)14-20(17-10-11-17)25-22(18)31-5/h6,8-9,14,16-17H,7,10-13,15H2,1-5H3. The summed E-state index contributed by atoms with van der Waals surface area (Å²) in [5, 5.41) is 1.31. The maximum Gasteiger partial charge on any atom is 0.410 e. The number of hydrogen-bond acceptors (Lipinski definition) is 6. The lowest BCUT2D eigenvalue weighted by atomic mass is 10.1. The molecule has 1 atom stereocenters. The maximum absolute atomic E-state index is 13.9. The summed E-state index contributed by atoms with van der Waals surface area (Å²) in [5.41, 5.74) is 0.273. The summed E-state index contributed by atoms with van der Waals surface area (Å²) >= 11 is 0. The lowest BCUT2D eigenvalue weighted by Gasteiger charge is -2.30. The van der Waals surface area contributed by atoms with E-state index in [2.05, 4.69) is 4.98 Å². The van der Waals surface area contributed by atoms with Gasteiger partial charge in [0.05, 0.1) is 12.0 Å². The molecule has 8 nitrogen and oxygen atoms in total. The van der Waals surface area contributed by atoms with E-state index in [1.54, 1.807) is 24.1 Å². The fourth-order valence-electron chi connectivity index (χ4n) is 4.32. The van der Waals surface area contributed by atoms with Crippen LogP contribution >= 0.6 is 0 Å². The number of nitrogens with zero attached hydrogens (tertiary/aromatic N) is 3. The predicted octanol–water partition coefficient (Wildman–Crippen LogP) is 4.14. The van der Waals surface area contributed by atoms with E-state index in [1.165, 1.54) is 4.31 Å². The number of ether oxygens (including phenoxy) is 2. The van der Waals surface area contributed by atoms with E-state index in [1.807, 2.05) is 39.8 Å². The predicted molar refractivity (Wildman–Crippen MR) is 126 cm³/mol. The third-order valence-electron chi connectivity index (χ3n) is 6.03. The molecule has 1 saturated carbocycles. The van der Waals surface area contributed by atoms with Crippen molar-refractivity contribution < 1.29 is 22.7 Å². The van der Waals surface area contributed by atoms with Crippen molar-refractivity contribution >= 4 is 26.9 Å². The van der Waals surface area contributed by atoms with E-state index in [0.717, 1.165) is 18.5 Å². The Labute approximate surface area is 195 Å². The van der Waals surface area contributed by atoms with Crippen LogP contribution in [0.15, 0.2) is 29.2 Å². The molecule has 0 bridgehead atoms. The van der Waals surface area contributed by atoms with Crippen LogP contribution in [-0.4, -0.2) is 67.1 Å². The number of carbonyl (C=O) groups is 1. The van der Waals surface area contributed by atoms with Gasteiger partial charge in [0.2, 0.25) is 15.9 Å². The van der Waals surface area contributed by atoms with Gasteiger partial charge in [0.15, 0.2) is 0 Å². The van der Waals surface area contributed by atoms with Crippen LogP contribution in [-0.2, 0) is 14.8 Å². The molecule has 1 unspecified atom stereocenters. The van der Waals surface area contributed by atoms with Gasteiger partial charge < -0.3 is 14.4 Å². The molecule has 1 saturated heterocycles. The summed E-state index contributed by atoms with van der Waals surface area (Å²) in [4.78, 5) is 19.1. The summed E-state index contributed by atoms with van der Waals surface area (Å²) < 4.78 is 40.3. The SMILES string of the molecule is COc1nc(C2CC2)cc2c(S(=O)(=O)N3CCCN(C(=O)OC(C)(C)C)CC3C)cccc12. The molecule has 2 aliphatic rings. The number of pyridine rings is 1. The molecule has 1 aliphatic carbocycles. The number of carbonyl (C=O) groups excluding carboxylic acids is 1. The molecule has 0 radical (unpaired) electrons. The van der Waals surface area contributed by atoms with Crippen LogP contribution in [0.3, 0.4) is 0 Å². The second kappa shape index (κ2) is 8.76. The van der Waals surface area contributed by atoms with Crippen LogP contribution in [0.4, 0.5) is 4.79 Å². The van der Waals surface area contributed by atoms with Gasteiger partial charge in [-0.15, -0.1) is 0 Å². The van der Waals surface area contributed by atoms with E-state index in [4.69, 9.17) is 9.47 Å². The van der Waals surface area contributed by atoms with Crippen molar-refractivity contribution in [3.05, 3.63) is 30.0 Å². The molecule has 1 aromatic heterocycles. The summed E-state index contributed by atoms with van der Waals surface area (Å²) in [6.45, 7) is 8.36. The van der Waals surface area contributed by atoms with Gasteiger partial charge in [-0.2, -0.15) is 4.31 Å². The highest BCUT2D eigenvalue weighted by atomic mass is 32.2. The first-order valence-corrected chi connectivity index (χ1v) is 12.9. The van der Waals surface area contributed by atoms with Crippen molar-refractivity contribution in [2.75, 3.05) is 26.7 Å². The summed E-state index contributed by atoms with van der Waals surface area (Å²) in [6, 6.07) is 6.72. The lowest BCUT2D eigenvalue weighted by Crippen LogP contribution is -2.45. The number of hydrogen-bond donors (Lipinski definition) is 0. The van der Waals surface area contributed by atoms with Crippen LogP contribution in [0.25, 0.3) is 10.8 Å². The Kier molecular flexibility index (Phi) is 6.30. The number of fused-ring (bicyclic) bond motifs is 1. The first kappa shape index (κ1) is 23.8. The van der Waals surface area contributed by atoms with Crippen LogP contribution in [0.2, 0.25) is 0 Å². The van der Waals surface area contributed by atoms with Crippen molar-refractivity contribution in [3.63, 3.8) is 0 Å². The third kappa shape index (κ3) is 4.94. The largest absolute Gasteiger partial charge is 0.481 e. The van der Waals surface area contributed by atoms with Crippen LogP contribution in [0.1, 0.15) is 58.6 Å². The van der Waals surface area contributed by atoms with E-state index in [-0.39, 0.29) is 11.4 Å². The number of amides is 1. The van der Waals surface area contributed by atoms with Gasteiger partial charge in [-0.1, -0.05) is 6.07 Å². The molecule has 4 rings (SSSR count). The van der Waals surface area contributed by atoms with Gasteiger partial charge in [0.25, 0.3) is 0 Å². The van der Waals surface area contributed by atoms with E-state index in [0.29, 0.717) is 42.1 Å². The molecule has 9 heteroatoms. The molecule has 1 aromatic carbocycles. The molecular weight excluding hydrogens is 442 g/mol. The van der Waals surface area contributed by atoms with Gasteiger partial charge in [-0.25, -0.2) is 18.2 Å². The summed E-state index contributed by atoms with van der Waals surface area (Å²) in [6.07, 6.45) is 2.23. The zero-order chi connectivity index (χ0) is 24.0. The number of sulfonamides is 1. The fourth-order valence-corrected chi connectivity index (χ4v) is 6.18. The maximum atomic E-state index is 13.9. The molecule has 0 spiro atoms. The Morgan fingerprint density at radius 2 is 1.88 bits per heavy atom. The molecule has 1 aliphatic heterocycles. The second-order valence-electron chi connectivity index (χ2n) is 9.93. The third-order valence-corrected chi connectivity index (χ3v) is 8.10. The van der Waals surface area contributed by atoms with E-state index < -0.39 is 27.8 Å². The highest BCUT2D eigenvalue weighted by Crippen LogP contribution is 2.42. The summed E-state index contributed by atoms with van der Waals surface area (Å²) in [7, 11) is -2.26. The van der Waals surface area contributed by atoms with E-state index in [9.17, 15) is 13.2 Å². The number of benzene rings is 1. The second-order valence-corrected chi connectivity index (χ2v) is 11.8. The van der Waals surface area contributed by atoms with Crippen molar-refractivity contribution in [1.29, 1.82) is 0 Å². The molecule has 0 N–H and O–H groups in total. The summed E-state index contributed by atoms with van der Waals surface area (Å²) in [5.74, 6) is 0.810. The van der Waals surface area contributed by atoms with Gasteiger partial charge in [0, 0.05) is 48.1 Å². The monoisotopic (exact) mass is 475 g/mol. The minimum atomic E-state index is -3.82. The quantitative estimate of drug-likeness (QED) is 0.660. The topological polar surface area (TPSA) is 89.0 Å². The highest BCUT2D eigenvalue weighted by Gasteiger charge is 2.36. The minimum Gasteiger partial charge on any atom is -0.481 e. The van der Waals surface area contributed by atoms with Crippen LogP contribution in [0, 0.1) is 0 Å². The minimum absolute atomic E-state index is 0.250. The molecule has 1 amide bonds. The van der Waals surface area contributed by atoms with Crippen molar-refractivity contribution in [3.8, 4) is 5.88 Å². The average Bonchev–Trinajstić information content (AvgIpc) is 3.58. The van der Waals surface area contributed by atoms with Crippen molar-refractivity contribution in [1.82, 2.24) is 14.2 Å². The Balaban J connectivity index is 1.68. The zero-order valence-corrected chi connectivity index (χ0v) is 20.8. The Bertz CT molecular complexity index is 1150. The first-order chi connectivity index (χ1) is 15.5. The van der Waals surface area contributed by atoms with E-state index >= 15 is 0 Å². The number of rotatable bonds is 4. The van der Waals surface area contributed by atoms with Gasteiger partial charge in [-0.05, 0) is 65.2 Å². The van der Waals surface area contributed by atoms with Gasteiger partial charge in [0.1, 0.15) is 5.60 Å². The molecule has 180 valence electrons.